The molecule has 5 nitrogen and oxygen atoms in total. The van der Waals surface area contributed by atoms with Crippen molar-refractivity contribution < 1.29 is 9.90 Å². The number of hydrogen-bond donors (Lipinski definition) is 3. The first-order chi connectivity index (χ1) is 12.2. The standard InChI is InChI=1S/C20H27N3O2/c24-17-7-5-16(6-8-17)21-20(25)23-11-9-14(10-12-23)19-13-15-3-1-2-4-18(15)22-19/h1-4,13-14,16-17,22,24H,5-12H2,(H,21,25). The number of para-hydroxylation sites is 1. The lowest BCUT2D eigenvalue weighted by Crippen LogP contribution is -2.48. The van der Waals surface area contributed by atoms with Gasteiger partial charge in [-0.25, -0.2) is 4.79 Å². The van der Waals surface area contributed by atoms with Gasteiger partial charge in [-0.1, -0.05) is 18.2 Å². The third kappa shape index (κ3) is 3.66. The van der Waals surface area contributed by atoms with Gasteiger partial charge in [-0.3, -0.25) is 0 Å². The minimum atomic E-state index is -0.180. The molecule has 2 aliphatic rings. The summed E-state index contributed by atoms with van der Waals surface area (Å²) in [6.45, 7) is 1.61. The molecule has 0 unspecified atom stereocenters. The minimum Gasteiger partial charge on any atom is -0.393 e. The molecule has 1 aromatic carbocycles. The number of rotatable bonds is 2. The van der Waals surface area contributed by atoms with Gasteiger partial charge in [0.2, 0.25) is 0 Å². The van der Waals surface area contributed by atoms with Gasteiger partial charge in [0.1, 0.15) is 0 Å². The van der Waals surface area contributed by atoms with E-state index in [0.29, 0.717) is 5.92 Å². The fourth-order valence-electron chi connectivity index (χ4n) is 4.20. The fourth-order valence-corrected chi connectivity index (χ4v) is 4.20. The van der Waals surface area contributed by atoms with E-state index in [2.05, 4.69) is 40.6 Å². The number of hydrogen-bond acceptors (Lipinski definition) is 2. The lowest BCUT2D eigenvalue weighted by atomic mass is 9.92. The van der Waals surface area contributed by atoms with Crippen LogP contribution in [0.4, 0.5) is 4.79 Å². The molecule has 1 aliphatic heterocycles. The van der Waals surface area contributed by atoms with Crippen molar-refractivity contribution in [1.82, 2.24) is 15.2 Å². The number of H-pyrrole nitrogens is 1. The molecular formula is C20H27N3O2. The zero-order chi connectivity index (χ0) is 17.2. The van der Waals surface area contributed by atoms with Crippen LogP contribution in [0.3, 0.4) is 0 Å². The zero-order valence-electron chi connectivity index (χ0n) is 14.6. The summed E-state index contributed by atoms with van der Waals surface area (Å²) in [5.74, 6) is 0.501. The molecule has 1 saturated carbocycles. The van der Waals surface area contributed by atoms with Crippen LogP contribution in [-0.2, 0) is 0 Å². The largest absolute Gasteiger partial charge is 0.393 e. The van der Waals surface area contributed by atoms with Crippen LogP contribution < -0.4 is 5.32 Å². The predicted octanol–water partition coefficient (Wildman–Crippen LogP) is 3.36. The summed E-state index contributed by atoms with van der Waals surface area (Å²) in [5, 5.41) is 14.0. The Hall–Kier alpha value is -2.01. The third-order valence-electron chi connectivity index (χ3n) is 5.80. The second-order valence-corrected chi connectivity index (χ2v) is 7.53. The number of nitrogens with one attached hydrogen (secondary N) is 2. The van der Waals surface area contributed by atoms with E-state index >= 15 is 0 Å². The predicted molar refractivity (Wildman–Crippen MR) is 98.6 cm³/mol. The van der Waals surface area contributed by atoms with Gasteiger partial charge in [-0.05, 0) is 56.0 Å². The van der Waals surface area contributed by atoms with Gasteiger partial charge >= 0.3 is 6.03 Å². The van der Waals surface area contributed by atoms with E-state index in [1.165, 1.54) is 16.6 Å². The smallest absolute Gasteiger partial charge is 0.317 e. The Kier molecular flexibility index (Phi) is 4.66. The highest BCUT2D eigenvalue weighted by Gasteiger charge is 2.27. The number of amides is 2. The van der Waals surface area contributed by atoms with E-state index < -0.39 is 0 Å². The molecule has 2 amide bonds. The van der Waals surface area contributed by atoms with Crippen molar-refractivity contribution in [1.29, 1.82) is 0 Å². The van der Waals surface area contributed by atoms with Gasteiger partial charge in [0.15, 0.2) is 0 Å². The summed E-state index contributed by atoms with van der Waals surface area (Å²) >= 11 is 0. The number of piperidine rings is 1. The first-order valence-electron chi connectivity index (χ1n) is 9.50. The van der Waals surface area contributed by atoms with E-state index in [9.17, 15) is 9.90 Å². The number of aromatic nitrogens is 1. The highest BCUT2D eigenvalue weighted by Crippen LogP contribution is 2.30. The number of fused-ring (bicyclic) bond motifs is 1. The van der Waals surface area contributed by atoms with Crippen LogP contribution in [0.1, 0.15) is 50.1 Å². The Bertz CT molecular complexity index is 692. The summed E-state index contributed by atoms with van der Waals surface area (Å²) < 4.78 is 0. The molecule has 134 valence electrons. The quantitative estimate of drug-likeness (QED) is 0.784. The Morgan fingerprint density at radius 3 is 2.52 bits per heavy atom. The van der Waals surface area contributed by atoms with E-state index in [1.54, 1.807) is 0 Å². The van der Waals surface area contributed by atoms with Gasteiger partial charge in [0.25, 0.3) is 0 Å². The number of urea groups is 1. The summed E-state index contributed by atoms with van der Waals surface area (Å²) in [5.41, 5.74) is 2.49. The molecular weight excluding hydrogens is 314 g/mol. The van der Waals surface area contributed by atoms with E-state index in [0.717, 1.165) is 51.6 Å². The molecule has 1 aliphatic carbocycles. The van der Waals surface area contributed by atoms with Gasteiger partial charge in [0.05, 0.1) is 6.10 Å². The van der Waals surface area contributed by atoms with Crippen molar-refractivity contribution in [2.75, 3.05) is 13.1 Å². The van der Waals surface area contributed by atoms with Crippen molar-refractivity contribution in [2.45, 2.75) is 56.6 Å². The molecule has 25 heavy (non-hydrogen) atoms. The number of carbonyl (C=O) groups excluding carboxylic acids is 1. The van der Waals surface area contributed by atoms with Crippen LogP contribution in [0.2, 0.25) is 0 Å². The average molecular weight is 341 g/mol. The molecule has 2 heterocycles. The number of aliphatic hydroxyl groups excluding tert-OH is 1. The van der Waals surface area contributed by atoms with Crippen LogP contribution in [0, 0.1) is 0 Å². The van der Waals surface area contributed by atoms with Crippen molar-refractivity contribution in [3.63, 3.8) is 0 Å². The maximum atomic E-state index is 12.5. The Labute approximate surface area is 148 Å². The Morgan fingerprint density at radius 2 is 1.80 bits per heavy atom. The molecule has 0 atom stereocenters. The molecule has 2 aromatic rings. The van der Waals surface area contributed by atoms with Gasteiger partial charge in [-0.15, -0.1) is 0 Å². The van der Waals surface area contributed by atoms with Crippen LogP contribution in [0.15, 0.2) is 30.3 Å². The number of carbonyl (C=O) groups is 1. The highest BCUT2D eigenvalue weighted by molar-refractivity contribution is 5.80. The SMILES string of the molecule is O=C(NC1CCC(O)CC1)N1CCC(c2cc3ccccc3[nH]2)CC1. The first kappa shape index (κ1) is 16.5. The Morgan fingerprint density at radius 1 is 1.08 bits per heavy atom. The van der Waals surface area contributed by atoms with Crippen LogP contribution in [0.5, 0.6) is 0 Å². The fraction of sp³-hybridized carbons (Fsp3) is 0.550. The van der Waals surface area contributed by atoms with Crippen molar-refractivity contribution >= 4 is 16.9 Å². The van der Waals surface area contributed by atoms with Gasteiger partial charge in [0, 0.05) is 36.3 Å². The van der Waals surface area contributed by atoms with Gasteiger partial charge < -0.3 is 20.3 Å². The maximum Gasteiger partial charge on any atom is 0.317 e. The number of aromatic amines is 1. The van der Waals surface area contributed by atoms with E-state index in [4.69, 9.17) is 0 Å². The normalized spacial score (nSPS) is 25.2. The minimum absolute atomic E-state index is 0.0662. The van der Waals surface area contributed by atoms with Crippen molar-refractivity contribution in [3.8, 4) is 0 Å². The van der Waals surface area contributed by atoms with E-state index in [1.807, 2.05) is 4.90 Å². The third-order valence-corrected chi connectivity index (χ3v) is 5.80. The average Bonchev–Trinajstić information content (AvgIpc) is 3.08. The molecule has 2 fully saturated rings. The first-order valence-corrected chi connectivity index (χ1v) is 9.50. The molecule has 3 N–H and O–H groups in total. The van der Waals surface area contributed by atoms with Crippen LogP contribution >= 0.6 is 0 Å². The zero-order valence-corrected chi connectivity index (χ0v) is 14.6. The molecule has 0 radical (unpaired) electrons. The topological polar surface area (TPSA) is 68.4 Å². The van der Waals surface area contributed by atoms with Crippen LogP contribution in [-0.4, -0.2) is 46.3 Å². The lowest BCUT2D eigenvalue weighted by molar-refractivity contribution is 0.114. The lowest BCUT2D eigenvalue weighted by Gasteiger charge is -2.34. The van der Waals surface area contributed by atoms with Gasteiger partial charge in [-0.2, -0.15) is 0 Å². The summed E-state index contributed by atoms with van der Waals surface area (Å²) in [6, 6.07) is 10.9. The molecule has 5 heteroatoms. The number of benzene rings is 1. The number of aliphatic hydroxyl groups is 1. The number of nitrogens with zero attached hydrogens (tertiary/aromatic N) is 1. The molecule has 0 spiro atoms. The summed E-state index contributed by atoms with van der Waals surface area (Å²) in [6.07, 6.45) is 5.20. The number of likely N-dealkylation sites (tertiary alicyclic amines) is 1. The molecule has 0 bridgehead atoms. The molecule has 1 aromatic heterocycles. The second kappa shape index (κ2) is 7.08. The maximum absolute atomic E-state index is 12.5. The molecule has 4 rings (SSSR count). The van der Waals surface area contributed by atoms with Crippen LogP contribution in [0.25, 0.3) is 10.9 Å². The van der Waals surface area contributed by atoms with Crippen molar-refractivity contribution in [2.24, 2.45) is 0 Å². The van der Waals surface area contributed by atoms with E-state index in [-0.39, 0.29) is 18.2 Å². The Balaban J connectivity index is 1.31. The summed E-state index contributed by atoms with van der Waals surface area (Å²) in [4.78, 5) is 18.0. The second-order valence-electron chi connectivity index (χ2n) is 7.53. The monoisotopic (exact) mass is 341 g/mol. The summed E-state index contributed by atoms with van der Waals surface area (Å²) in [7, 11) is 0. The van der Waals surface area contributed by atoms with Crippen molar-refractivity contribution in [3.05, 3.63) is 36.0 Å². The highest BCUT2D eigenvalue weighted by atomic mass is 16.3. The molecule has 1 saturated heterocycles.